The van der Waals surface area contributed by atoms with Crippen molar-refractivity contribution in [2.75, 3.05) is 5.32 Å². The Morgan fingerprint density at radius 1 is 0.923 bits per heavy atom. The van der Waals surface area contributed by atoms with Crippen molar-refractivity contribution in [2.24, 2.45) is 0 Å². The molecule has 0 saturated heterocycles. The van der Waals surface area contributed by atoms with E-state index in [1.807, 2.05) is 65.2 Å². The van der Waals surface area contributed by atoms with E-state index in [0.717, 1.165) is 21.1 Å². The smallest absolute Gasteiger partial charge is 0.259 e. The van der Waals surface area contributed by atoms with Crippen LogP contribution in [0.5, 0.6) is 0 Å². The van der Waals surface area contributed by atoms with Gasteiger partial charge < -0.3 is 4.57 Å². The number of para-hydroxylation sites is 2. The summed E-state index contributed by atoms with van der Waals surface area (Å²) in [4.78, 5) is 17.3. The Labute approximate surface area is 159 Å². The van der Waals surface area contributed by atoms with Gasteiger partial charge in [0.1, 0.15) is 0 Å². The summed E-state index contributed by atoms with van der Waals surface area (Å²) < 4.78 is 2.78. The van der Waals surface area contributed by atoms with Crippen LogP contribution in [0.3, 0.4) is 0 Å². The predicted molar refractivity (Wildman–Crippen MR) is 107 cm³/mol. The number of nitrogens with one attached hydrogen (secondary N) is 1. The van der Waals surface area contributed by atoms with Crippen molar-refractivity contribution < 1.29 is 4.79 Å². The molecule has 5 heteroatoms. The van der Waals surface area contributed by atoms with Crippen molar-refractivity contribution in [3.05, 3.63) is 94.5 Å². The van der Waals surface area contributed by atoms with Crippen LogP contribution in [-0.2, 0) is 6.54 Å². The summed E-state index contributed by atoms with van der Waals surface area (Å²) in [6.45, 7) is 0.632. The maximum atomic E-state index is 12.7. The number of hydrogen-bond acceptors (Lipinski definition) is 2. The average Bonchev–Trinajstić information content (AvgIpc) is 3.00. The highest BCUT2D eigenvalue weighted by atomic mass is 79.9. The van der Waals surface area contributed by atoms with Crippen LogP contribution >= 0.6 is 15.9 Å². The Bertz CT molecular complexity index is 1070. The third kappa shape index (κ3) is 3.26. The van der Waals surface area contributed by atoms with E-state index in [1.54, 1.807) is 6.07 Å². The molecule has 0 radical (unpaired) electrons. The zero-order valence-corrected chi connectivity index (χ0v) is 15.5. The number of carbonyl (C=O) groups excluding carboxylic acids is 1. The molecule has 0 saturated carbocycles. The number of carbonyl (C=O) groups is 1. The largest absolute Gasteiger partial charge is 0.305 e. The fourth-order valence-electron chi connectivity index (χ4n) is 2.91. The lowest BCUT2D eigenvalue weighted by molar-refractivity contribution is 0.102. The van der Waals surface area contributed by atoms with E-state index in [4.69, 9.17) is 0 Å². The molecule has 0 unspecified atom stereocenters. The van der Waals surface area contributed by atoms with Gasteiger partial charge in [-0.05, 0) is 45.8 Å². The molecule has 1 N–H and O–H groups in total. The van der Waals surface area contributed by atoms with Gasteiger partial charge in [0.05, 0.1) is 23.1 Å². The number of halogens is 1. The minimum Gasteiger partial charge on any atom is -0.305 e. The van der Waals surface area contributed by atoms with Gasteiger partial charge in [-0.3, -0.25) is 10.1 Å². The molecule has 0 atom stereocenters. The molecule has 4 nitrogen and oxygen atoms in total. The molecule has 3 aromatic carbocycles. The zero-order valence-electron chi connectivity index (χ0n) is 13.9. The monoisotopic (exact) mass is 405 g/mol. The molecule has 0 spiro atoms. The van der Waals surface area contributed by atoms with Crippen molar-refractivity contribution in [3.63, 3.8) is 0 Å². The number of amides is 1. The molecule has 4 aromatic rings. The van der Waals surface area contributed by atoms with Gasteiger partial charge in [-0.1, -0.05) is 54.6 Å². The first-order valence-electron chi connectivity index (χ1n) is 8.27. The van der Waals surface area contributed by atoms with Gasteiger partial charge in [0.2, 0.25) is 5.95 Å². The first-order chi connectivity index (χ1) is 12.7. The summed E-state index contributed by atoms with van der Waals surface area (Å²) in [5, 5.41) is 2.96. The number of benzene rings is 3. The summed E-state index contributed by atoms with van der Waals surface area (Å²) >= 11 is 3.43. The van der Waals surface area contributed by atoms with Crippen molar-refractivity contribution in [1.82, 2.24) is 9.55 Å². The van der Waals surface area contributed by atoms with Crippen LogP contribution in [0.2, 0.25) is 0 Å². The average molecular weight is 406 g/mol. The van der Waals surface area contributed by atoms with E-state index in [0.29, 0.717) is 18.1 Å². The molecule has 128 valence electrons. The van der Waals surface area contributed by atoms with Crippen LogP contribution < -0.4 is 5.32 Å². The van der Waals surface area contributed by atoms with Crippen LogP contribution in [0.25, 0.3) is 11.0 Å². The lowest BCUT2D eigenvalue weighted by atomic mass is 10.2. The molecule has 1 heterocycles. The van der Waals surface area contributed by atoms with Gasteiger partial charge in [0.25, 0.3) is 5.91 Å². The molecular formula is C21H16BrN3O. The molecule has 0 aliphatic rings. The van der Waals surface area contributed by atoms with Gasteiger partial charge in [0.15, 0.2) is 0 Å². The van der Waals surface area contributed by atoms with Crippen molar-refractivity contribution in [1.29, 1.82) is 0 Å². The van der Waals surface area contributed by atoms with Crippen LogP contribution in [0.1, 0.15) is 15.9 Å². The van der Waals surface area contributed by atoms with E-state index in [9.17, 15) is 4.79 Å². The summed E-state index contributed by atoms with van der Waals surface area (Å²) in [6, 6.07) is 25.4. The SMILES string of the molecule is O=C(Nc1nc2ccccc2n1Cc1ccccc1)c1ccccc1Br. The van der Waals surface area contributed by atoms with Crippen LogP contribution in [0.4, 0.5) is 5.95 Å². The van der Waals surface area contributed by atoms with Crippen molar-refractivity contribution in [3.8, 4) is 0 Å². The second kappa shape index (κ2) is 7.14. The fourth-order valence-corrected chi connectivity index (χ4v) is 3.38. The molecule has 0 aliphatic heterocycles. The second-order valence-corrected chi connectivity index (χ2v) is 6.78. The quantitative estimate of drug-likeness (QED) is 0.513. The third-order valence-electron chi connectivity index (χ3n) is 4.18. The number of fused-ring (bicyclic) bond motifs is 1. The van der Waals surface area contributed by atoms with E-state index >= 15 is 0 Å². The summed E-state index contributed by atoms with van der Waals surface area (Å²) in [5.74, 6) is 0.345. The Hall–Kier alpha value is -2.92. The minimum atomic E-state index is -0.193. The highest BCUT2D eigenvalue weighted by Gasteiger charge is 2.16. The summed E-state index contributed by atoms with van der Waals surface area (Å²) in [7, 11) is 0. The van der Waals surface area contributed by atoms with E-state index in [2.05, 4.69) is 38.4 Å². The first-order valence-corrected chi connectivity index (χ1v) is 9.07. The van der Waals surface area contributed by atoms with E-state index < -0.39 is 0 Å². The topological polar surface area (TPSA) is 46.9 Å². The van der Waals surface area contributed by atoms with Gasteiger partial charge in [-0.25, -0.2) is 4.98 Å². The Morgan fingerprint density at radius 3 is 2.42 bits per heavy atom. The first kappa shape index (κ1) is 16.5. The lowest BCUT2D eigenvalue weighted by Gasteiger charge is -2.11. The maximum Gasteiger partial charge on any atom is 0.259 e. The highest BCUT2D eigenvalue weighted by molar-refractivity contribution is 9.10. The van der Waals surface area contributed by atoms with E-state index in [1.165, 1.54) is 0 Å². The molecule has 0 bridgehead atoms. The number of hydrogen-bond donors (Lipinski definition) is 1. The minimum absolute atomic E-state index is 0.193. The zero-order chi connectivity index (χ0) is 17.9. The third-order valence-corrected chi connectivity index (χ3v) is 4.87. The summed E-state index contributed by atoms with van der Waals surface area (Å²) in [5.41, 5.74) is 3.56. The predicted octanol–water partition coefficient (Wildman–Crippen LogP) is 5.10. The molecule has 0 fully saturated rings. The van der Waals surface area contributed by atoms with Gasteiger partial charge >= 0.3 is 0 Å². The Morgan fingerprint density at radius 2 is 1.62 bits per heavy atom. The normalized spacial score (nSPS) is 10.8. The second-order valence-electron chi connectivity index (χ2n) is 5.93. The molecule has 1 amide bonds. The number of rotatable bonds is 4. The van der Waals surface area contributed by atoms with Crippen molar-refractivity contribution >= 4 is 38.8 Å². The van der Waals surface area contributed by atoms with Crippen molar-refractivity contribution in [2.45, 2.75) is 6.54 Å². The van der Waals surface area contributed by atoms with Gasteiger partial charge in [0, 0.05) is 4.47 Å². The maximum absolute atomic E-state index is 12.7. The lowest BCUT2D eigenvalue weighted by Crippen LogP contribution is -2.16. The molecule has 26 heavy (non-hydrogen) atoms. The van der Waals surface area contributed by atoms with Gasteiger partial charge in [-0.15, -0.1) is 0 Å². The van der Waals surface area contributed by atoms with Crippen LogP contribution in [0, 0.1) is 0 Å². The number of imidazole rings is 1. The number of anilines is 1. The fraction of sp³-hybridized carbons (Fsp3) is 0.0476. The standard InChI is InChI=1S/C21H16BrN3O/c22-17-11-5-4-10-16(17)20(26)24-21-23-18-12-6-7-13-19(18)25(21)14-15-8-2-1-3-9-15/h1-13H,14H2,(H,23,24,26). The molecule has 1 aromatic heterocycles. The molecular weight excluding hydrogens is 390 g/mol. The van der Waals surface area contributed by atoms with Gasteiger partial charge in [-0.2, -0.15) is 0 Å². The Kier molecular flexibility index (Phi) is 4.54. The number of nitrogens with zero attached hydrogens (tertiary/aromatic N) is 2. The van der Waals surface area contributed by atoms with Crippen LogP contribution in [0.15, 0.2) is 83.3 Å². The molecule has 4 rings (SSSR count). The number of aromatic nitrogens is 2. The van der Waals surface area contributed by atoms with Crippen LogP contribution in [-0.4, -0.2) is 15.5 Å². The molecule has 0 aliphatic carbocycles. The Balaban J connectivity index is 1.73. The highest BCUT2D eigenvalue weighted by Crippen LogP contribution is 2.23. The van der Waals surface area contributed by atoms with E-state index in [-0.39, 0.29) is 5.91 Å². The summed E-state index contributed by atoms with van der Waals surface area (Å²) in [6.07, 6.45) is 0.